The largest absolute Gasteiger partial charge is 0.481 e. The van der Waals surface area contributed by atoms with Crippen LogP contribution in [0.15, 0.2) is 24.3 Å². The fourth-order valence-electron chi connectivity index (χ4n) is 2.40. The molecule has 0 bridgehead atoms. The van der Waals surface area contributed by atoms with Gasteiger partial charge in [0.25, 0.3) is 0 Å². The third-order valence-electron chi connectivity index (χ3n) is 3.76. The first-order valence-electron chi connectivity index (χ1n) is 6.27. The van der Waals surface area contributed by atoms with E-state index in [4.69, 9.17) is 10.8 Å². The van der Waals surface area contributed by atoms with Crippen LogP contribution < -0.4 is 5.73 Å². The van der Waals surface area contributed by atoms with E-state index in [1.54, 1.807) is 0 Å². The fourth-order valence-corrected chi connectivity index (χ4v) is 2.40. The number of carbonyl (C=O) groups is 1. The summed E-state index contributed by atoms with van der Waals surface area (Å²) in [6.45, 7) is 0.135. The average molecular weight is 249 g/mol. The number of benzene rings is 1. The van der Waals surface area contributed by atoms with Gasteiger partial charge in [-0.3, -0.25) is 4.79 Å². The summed E-state index contributed by atoms with van der Waals surface area (Å²) >= 11 is 0. The minimum Gasteiger partial charge on any atom is -0.481 e. The molecule has 0 radical (unpaired) electrons. The second-order valence-corrected chi connectivity index (χ2v) is 5.06. The van der Waals surface area contributed by atoms with Crippen LogP contribution in [0.1, 0.15) is 42.9 Å². The van der Waals surface area contributed by atoms with Gasteiger partial charge in [-0.25, -0.2) is 0 Å². The van der Waals surface area contributed by atoms with Gasteiger partial charge in [0.1, 0.15) is 0 Å². The van der Waals surface area contributed by atoms with Crippen molar-refractivity contribution in [3.05, 3.63) is 35.4 Å². The van der Waals surface area contributed by atoms with Gasteiger partial charge in [-0.15, -0.1) is 0 Å². The molecule has 1 aliphatic carbocycles. The maximum Gasteiger partial charge on any atom is 0.303 e. The fraction of sp³-hybridized carbons (Fsp3) is 0.500. The van der Waals surface area contributed by atoms with Crippen LogP contribution in [0.2, 0.25) is 0 Å². The van der Waals surface area contributed by atoms with Gasteiger partial charge in [-0.2, -0.15) is 0 Å². The SMILES string of the molecule is NC(CCC(=O)O)c1ccccc1C1(CO)CC1. The molecule has 0 amide bonds. The summed E-state index contributed by atoms with van der Waals surface area (Å²) in [5.41, 5.74) is 8.02. The van der Waals surface area contributed by atoms with Crippen LogP contribution in [-0.4, -0.2) is 22.8 Å². The molecule has 1 aromatic carbocycles. The minimum atomic E-state index is -0.828. The highest BCUT2D eigenvalue weighted by molar-refractivity contribution is 5.66. The number of carboxylic acids is 1. The summed E-state index contributed by atoms with van der Waals surface area (Å²) < 4.78 is 0. The molecule has 4 heteroatoms. The van der Waals surface area contributed by atoms with Crippen molar-refractivity contribution in [2.75, 3.05) is 6.61 Å². The van der Waals surface area contributed by atoms with E-state index in [9.17, 15) is 9.90 Å². The first-order chi connectivity index (χ1) is 8.59. The molecule has 1 atom stereocenters. The van der Waals surface area contributed by atoms with Crippen LogP contribution in [0.4, 0.5) is 0 Å². The predicted molar refractivity (Wildman–Crippen MR) is 68.2 cm³/mol. The molecule has 4 N–H and O–H groups in total. The molecule has 1 saturated carbocycles. The average Bonchev–Trinajstić information content (AvgIpc) is 3.17. The maximum absolute atomic E-state index is 10.6. The maximum atomic E-state index is 10.6. The topological polar surface area (TPSA) is 83.6 Å². The van der Waals surface area contributed by atoms with Crippen molar-refractivity contribution in [3.63, 3.8) is 0 Å². The Labute approximate surface area is 106 Å². The van der Waals surface area contributed by atoms with Crippen molar-refractivity contribution in [3.8, 4) is 0 Å². The molecular formula is C14H19NO3. The Morgan fingerprint density at radius 3 is 2.61 bits per heavy atom. The molecule has 1 aliphatic rings. The lowest BCUT2D eigenvalue weighted by atomic mass is 9.87. The van der Waals surface area contributed by atoms with Gasteiger partial charge in [0, 0.05) is 17.9 Å². The molecule has 4 nitrogen and oxygen atoms in total. The Morgan fingerprint density at radius 1 is 1.39 bits per heavy atom. The number of rotatable bonds is 6. The van der Waals surface area contributed by atoms with E-state index >= 15 is 0 Å². The van der Waals surface area contributed by atoms with Gasteiger partial charge in [0.2, 0.25) is 0 Å². The normalized spacial score (nSPS) is 18.3. The summed E-state index contributed by atoms with van der Waals surface area (Å²) in [5, 5.41) is 18.2. The van der Waals surface area contributed by atoms with Gasteiger partial charge in [0.15, 0.2) is 0 Å². The summed E-state index contributed by atoms with van der Waals surface area (Å²) in [6.07, 6.45) is 2.45. The molecule has 1 aromatic rings. The highest BCUT2D eigenvalue weighted by atomic mass is 16.4. The standard InChI is InChI=1S/C14H19NO3/c15-12(5-6-13(17)18)10-3-1-2-4-11(10)14(9-16)7-8-14/h1-4,12,16H,5-9,15H2,(H,17,18). The number of aliphatic carboxylic acids is 1. The lowest BCUT2D eigenvalue weighted by molar-refractivity contribution is -0.137. The van der Waals surface area contributed by atoms with E-state index in [0.29, 0.717) is 6.42 Å². The first-order valence-corrected chi connectivity index (χ1v) is 6.27. The molecule has 98 valence electrons. The number of carboxylic acid groups (broad SMARTS) is 1. The Bertz CT molecular complexity index is 440. The second-order valence-electron chi connectivity index (χ2n) is 5.06. The van der Waals surface area contributed by atoms with Gasteiger partial charge in [-0.05, 0) is 30.4 Å². The Kier molecular flexibility index (Phi) is 3.68. The Hall–Kier alpha value is -1.39. The van der Waals surface area contributed by atoms with Gasteiger partial charge >= 0.3 is 5.97 Å². The van der Waals surface area contributed by atoms with E-state index in [1.807, 2.05) is 24.3 Å². The lowest BCUT2D eigenvalue weighted by Crippen LogP contribution is -2.20. The van der Waals surface area contributed by atoms with Gasteiger partial charge in [-0.1, -0.05) is 24.3 Å². The van der Waals surface area contributed by atoms with Crippen molar-refractivity contribution in [1.29, 1.82) is 0 Å². The summed E-state index contributed by atoms with van der Waals surface area (Å²) in [5.74, 6) is -0.828. The molecule has 0 spiro atoms. The number of aliphatic hydroxyl groups excluding tert-OH is 1. The van der Waals surface area contributed by atoms with Gasteiger partial charge < -0.3 is 15.9 Å². The molecule has 0 saturated heterocycles. The monoisotopic (exact) mass is 249 g/mol. The van der Waals surface area contributed by atoms with Crippen LogP contribution >= 0.6 is 0 Å². The number of hydrogen-bond acceptors (Lipinski definition) is 3. The third-order valence-corrected chi connectivity index (χ3v) is 3.76. The molecule has 1 fully saturated rings. The van der Waals surface area contributed by atoms with Crippen LogP contribution in [-0.2, 0) is 10.2 Å². The van der Waals surface area contributed by atoms with E-state index in [-0.39, 0.29) is 24.5 Å². The van der Waals surface area contributed by atoms with Crippen molar-refractivity contribution in [2.45, 2.75) is 37.1 Å². The smallest absolute Gasteiger partial charge is 0.303 e. The second kappa shape index (κ2) is 5.08. The zero-order chi connectivity index (χ0) is 13.2. The lowest BCUT2D eigenvalue weighted by Gasteiger charge is -2.21. The summed E-state index contributed by atoms with van der Waals surface area (Å²) in [4.78, 5) is 10.6. The van der Waals surface area contributed by atoms with Crippen LogP contribution in [0.25, 0.3) is 0 Å². The summed E-state index contributed by atoms with van der Waals surface area (Å²) in [6, 6.07) is 7.52. The zero-order valence-electron chi connectivity index (χ0n) is 10.3. The highest BCUT2D eigenvalue weighted by Crippen LogP contribution is 2.49. The molecule has 0 heterocycles. The van der Waals surface area contributed by atoms with E-state index < -0.39 is 5.97 Å². The molecule has 2 rings (SSSR count). The van der Waals surface area contributed by atoms with E-state index in [1.165, 1.54) is 0 Å². The molecule has 1 unspecified atom stereocenters. The van der Waals surface area contributed by atoms with Crippen LogP contribution in [0.5, 0.6) is 0 Å². The predicted octanol–water partition coefficient (Wildman–Crippen LogP) is 1.58. The van der Waals surface area contributed by atoms with Crippen LogP contribution in [0, 0.1) is 0 Å². The molecule has 0 aliphatic heterocycles. The molecule has 18 heavy (non-hydrogen) atoms. The highest BCUT2D eigenvalue weighted by Gasteiger charge is 2.45. The number of hydrogen-bond donors (Lipinski definition) is 3. The van der Waals surface area contributed by atoms with E-state index in [2.05, 4.69) is 0 Å². The Balaban J connectivity index is 2.20. The summed E-state index contributed by atoms with van der Waals surface area (Å²) in [7, 11) is 0. The van der Waals surface area contributed by atoms with E-state index in [0.717, 1.165) is 24.0 Å². The van der Waals surface area contributed by atoms with Crippen molar-refractivity contribution in [1.82, 2.24) is 0 Å². The molecular weight excluding hydrogens is 230 g/mol. The zero-order valence-corrected chi connectivity index (χ0v) is 10.3. The quantitative estimate of drug-likeness (QED) is 0.714. The Morgan fingerprint density at radius 2 is 2.06 bits per heavy atom. The van der Waals surface area contributed by atoms with Crippen LogP contribution in [0.3, 0.4) is 0 Å². The van der Waals surface area contributed by atoms with Crippen molar-refractivity contribution in [2.24, 2.45) is 5.73 Å². The number of nitrogens with two attached hydrogens (primary N) is 1. The third kappa shape index (κ3) is 2.54. The van der Waals surface area contributed by atoms with Crippen molar-refractivity contribution < 1.29 is 15.0 Å². The van der Waals surface area contributed by atoms with Crippen molar-refractivity contribution >= 4 is 5.97 Å². The minimum absolute atomic E-state index is 0.0711. The number of aliphatic hydroxyl groups is 1. The first kappa shape index (κ1) is 13.1. The van der Waals surface area contributed by atoms with Gasteiger partial charge in [0.05, 0.1) is 6.61 Å². The molecule has 0 aromatic heterocycles.